The van der Waals surface area contributed by atoms with Gasteiger partial charge in [0.1, 0.15) is 5.78 Å². The molecular formula is C16H26N2O. The third-order valence-electron chi connectivity index (χ3n) is 3.57. The molecular weight excluding hydrogens is 236 g/mol. The molecule has 0 aliphatic rings. The van der Waals surface area contributed by atoms with Crippen LogP contribution in [0.2, 0.25) is 0 Å². The molecule has 19 heavy (non-hydrogen) atoms. The topological polar surface area (TPSA) is 56.0 Å². The summed E-state index contributed by atoms with van der Waals surface area (Å²) in [6.45, 7) is 7.12. The molecule has 0 spiro atoms. The lowest BCUT2D eigenvalue weighted by molar-refractivity contribution is -0.119. The smallest absolute Gasteiger partial charge is 0.138 e. The molecule has 0 atom stereocenters. The van der Waals surface area contributed by atoms with E-state index in [1.54, 1.807) is 0 Å². The number of nitrogens with zero attached hydrogens (tertiary/aromatic N) is 1. The van der Waals surface area contributed by atoms with E-state index in [0.29, 0.717) is 19.4 Å². The van der Waals surface area contributed by atoms with Gasteiger partial charge in [0.05, 0.1) is 0 Å². The van der Waals surface area contributed by atoms with Gasteiger partial charge in [-0.1, -0.05) is 26.8 Å². The van der Waals surface area contributed by atoms with Crippen LogP contribution in [0.15, 0.2) is 18.3 Å². The van der Waals surface area contributed by atoms with Gasteiger partial charge in [-0.2, -0.15) is 0 Å². The molecule has 1 heterocycles. The van der Waals surface area contributed by atoms with Crippen molar-refractivity contribution < 1.29 is 4.79 Å². The first-order valence-corrected chi connectivity index (χ1v) is 7.12. The minimum Gasteiger partial charge on any atom is -0.330 e. The van der Waals surface area contributed by atoms with Gasteiger partial charge in [0.15, 0.2) is 0 Å². The Hall–Kier alpha value is -1.22. The quantitative estimate of drug-likeness (QED) is 0.783. The average Bonchev–Trinajstić information content (AvgIpc) is 2.37. The number of Topliss-reactive ketones (excluding diaryl/α,β-unsaturated/α-hetero) is 1. The maximum atomic E-state index is 11.9. The van der Waals surface area contributed by atoms with E-state index in [1.807, 2.05) is 18.3 Å². The van der Waals surface area contributed by atoms with Gasteiger partial charge in [0.2, 0.25) is 0 Å². The molecule has 0 saturated heterocycles. The van der Waals surface area contributed by atoms with E-state index < -0.39 is 0 Å². The van der Waals surface area contributed by atoms with Crippen LogP contribution in [0, 0.1) is 5.41 Å². The Bertz CT molecular complexity index is 396. The lowest BCUT2D eigenvalue weighted by atomic mass is 9.83. The number of pyridine rings is 1. The highest BCUT2D eigenvalue weighted by Crippen LogP contribution is 2.26. The summed E-state index contributed by atoms with van der Waals surface area (Å²) in [5, 5.41) is 0. The van der Waals surface area contributed by atoms with Crippen molar-refractivity contribution in [3.8, 4) is 0 Å². The standard InChI is InChI=1S/C16H26N2O/c1-4-13-5-6-14(18-12-13)11-15(19)7-8-16(2,3)9-10-17/h5-6,12H,4,7-11,17H2,1-3H3. The molecule has 0 saturated carbocycles. The molecule has 1 aromatic heterocycles. The van der Waals surface area contributed by atoms with Crippen LogP contribution in [0.1, 0.15) is 51.3 Å². The number of carbonyl (C=O) groups is 1. The fourth-order valence-electron chi connectivity index (χ4n) is 2.05. The Morgan fingerprint density at radius 1 is 1.32 bits per heavy atom. The van der Waals surface area contributed by atoms with Crippen molar-refractivity contribution in [1.29, 1.82) is 0 Å². The van der Waals surface area contributed by atoms with Gasteiger partial charge in [-0.05, 0) is 42.9 Å². The van der Waals surface area contributed by atoms with Crippen molar-refractivity contribution in [3.05, 3.63) is 29.6 Å². The number of hydrogen-bond acceptors (Lipinski definition) is 3. The fraction of sp³-hybridized carbons (Fsp3) is 0.625. The molecule has 106 valence electrons. The average molecular weight is 262 g/mol. The minimum atomic E-state index is 0.157. The number of rotatable bonds is 8. The molecule has 0 unspecified atom stereocenters. The van der Waals surface area contributed by atoms with Crippen LogP contribution < -0.4 is 5.73 Å². The Labute approximate surface area is 116 Å². The number of aryl methyl sites for hydroxylation is 1. The summed E-state index contributed by atoms with van der Waals surface area (Å²) in [6.07, 6.45) is 5.77. The Morgan fingerprint density at radius 3 is 2.58 bits per heavy atom. The van der Waals surface area contributed by atoms with E-state index in [0.717, 1.165) is 25.0 Å². The van der Waals surface area contributed by atoms with Gasteiger partial charge in [-0.25, -0.2) is 0 Å². The van der Waals surface area contributed by atoms with Crippen LogP contribution in [-0.2, 0) is 17.6 Å². The fourth-order valence-corrected chi connectivity index (χ4v) is 2.05. The molecule has 1 aromatic rings. The number of hydrogen-bond donors (Lipinski definition) is 1. The van der Waals surface area contributed by atoms with Crippen molar-refractivity contribution in [2.24, 2.45) is 11.1 Å². The van der Waals surface area contributed by atoms with Crippen LogP contribution in [0.4, 0.5) is 0 Å². The SMILES string of the molecule is CCc1ccc(CC(=O)CCC(C)(C)CCN)nc1. The van der Waals surface area contributed by atoms with Crippen molar-refractivity contribution in [2.75, 3.05) is 6.54 Å². The van der Waals surface area contributed by atoms with E-state index in [1.165, 1.54) is 5.56 Å². The van der Waals surface area contributed by atoms with Crippen LogP contribution in [0.3, 0.4) is 0 Å². The summed E-state index contributed by atoms with van der Waals surface area (Å²) in [4.78, 5) is 16.3. The molecule has 0 aliphatic heterocycles. The monoisotopic (exact) mass is 262 g/mol. The van der Waals surface area contributed by atoms with Gasteiger partial charge in [0.25, 0.3) is 0 Å². The zero-order valence-electron chi connectivity index (χ0n) is 12.4. The first-order valence-electron chi connectivity index (χ1n) is 7.12. The molecule has 0 bridgehead atoms. The largest absolute Gasteiger partial charge is 0.330 e. The minimum absolute atomic E-state index is 0.157. The van der Waals surface area contributed by atoms with Crippen molar-refractivity contribution in [2.45, 2.75) is 52.9 Å². The van der Waals surface area contributed by atoms with Crippen LogP contribution >= 0.6 is 0 Å². The zero-order chi connectivity index (χ0) is 14.3. The summed E-state index contributed by atoms with van der Waals surface area (Å²) >= 11 is 0. The number of aromatic nitrogens is 1. The summed E-state index contributed by atoms with van der Waals surface area (Å²) in [5.41, 5.74) is 7.82. The lowest BCUT2D eigenvalue weighted by Crippen LogP contribution is -2.19. The molecule has 0 amide bonds. The number of carbonyl (C=O) groups excluding carboxylic acids is 1. The van der Waals surface area contributed by atoms with E-state index in [2.05, 4.69) is 25.8 Å². The predicted octanol–water partition coefficient (Wildman–Crippen LogP) is 2.91. The van der Waals surface area contributed by atoms with E-state index in [4.69, 9.17) is 5.73 Å². The zero-order valence-corrected chi connectivity index (χ0v) is 12.4. The second kappa shape index (κ2) is 7.39. The van der Waals surface area contributed by atoms with Gasteiger partial charge < -0.3 is 5.73 Å². The van der Waals surface area contributed by atoms with Crippen molar-refractivity contribution >= 4 is 5.78 Å². The molecule has 0 fully saturated rings. The highest BCUT2D eigenvalue weighted by molar-refractivity contribution is 5.80. The highest BCUT2D eigenvalue weighted by atomic mass is 16.1. The van der Waals surface area contributed by atoms with Gasteiger partial charge in [-0.3, -0.25) is 9.78 Å². The van der Waals surface area contributed by atoms with E-state index >= 15 is 0 Å². The maximum Gasteiger partial charge on any atom is 0.138 e. The highest BCUT2D eigenvalue weighted by Gasteiger charge is 2.18. The third-order valence-corrected chi connectivity index (χ3v) is 3.57. The molecule has 0 radical (unpaired) electrons. The van der Waals surface area contributed by atoms with E-state index in [-0.39, 0.29) is 11.2 Å². The Kier molecular flexibility index (Phi) is 6.16. The Balaban J connectivity index is 2.42. The van der Waals surface area contributed by atoms with Crippen molar-refractivity contribution in [3.63, 3.8) is 0 Å². The summed E-state index contributed by atoms with van der Waals surface area (Å²) in [6, 6.07) is 4.01. The second-order valence-corrected chi connectivity index (χ2v) is 5.93. The molecule has 3 nitrogen and oxygen atoms in total. The molecule has 0 aliphatic carbocycles. The van der Waals surface area contributed by atoms with E-state index in [9.17, 15) is 4.79 Å². The first-order chi connectivity index (χ1) is 8.96. The molecule has 0 aromatic carbocycles. The molecule has 2 N–H and O–H groups in total. The first kappa shape index (κ1) is 15.8. The molecule has 1 rings (SSSR count). The van der Waals surface area contributed by atoms with Gasteiger partial charge in [-0.15, -0.1) is 0 Å². The van der Waals surface area contributed by atoms with Crippen LogP contribution in [-0.4, -0.2) is 17.3 Å². The van der Waals surface area contributed by atoms with Gasteiger partial charge >= 0.3 is 0 Å². The normalized spacial score (nSPS) is 11.6. The lowest BCUT2D eigenvalue weighted by Gasteiger charge is -2.23. The number of ketones is 1. The summed E-state index contributed by atoms with van der Waals surface area (Å²) in [5.74, 6) is 0.266. The maximum absolute atomic E-state index is 11.9. The van der Waals surface area contributed by atoms with Gasteiger partial charge in [0, 0.05) is 24.7 Å². The van der Waals surface area contributed by atoms with Crippen molar-refractivity contribution in [1.82, 2.24) is 4.98 Å². The Morgan fingerprint density at radius 2 is 2.05 bits per heavy atom. The molecule has 3 heteroatoms. The van der Waals surface area contributed by atoms with Crippen LogP contribution in [0.5, 0.6) is 0 Å². The number of nitrogens with two attached hydrogens (primary N) is 1. The summed E-state index contributed by atoms with van der Waals surface area (Å²) < 4.78 is 0. The van der Waals surface area contributed by atoms with Crippen LogP contribution in [0.25, 0.3) is 0 Å². The summed E-state index contributed by atoms with van der Waals surface area (Å²) in [7, 11) is 0. The second-order valence-electron chi connectivity index (χ2n) is 5.93. The predicted molar refractivity (Wildman–Crippen MR) is 79.0 cm³/mol. The third kappa shape index (κ3) is 5.97.